The normalized spacial score (nSPS) is 12.7. The van der Waals surface area contributed by atoms with E-state index in [4.69, 9.17) is 4.74 Å². The first-order chi connectivity index (χ1) is 10.3. The fraction of sp³-hybridized carbons (Fsp3) is 0.500. The number of ether oxygens (including phenoxy) is 1. The Morgan fingerprint density at radius 3 is 2.64 bits per heavy atom. The molecule has 0 aliphatic rings. The number of hydrogen-bond acceptors (Lipinski definition) is 5. The number of amides is 2. The topological polar surface area (TPSA) is 105 Å². The molecule has 1 unspecified atom stereocenters. The molecule has 1 aromatic rings. The van der Waals surface area contributed by atoms with Crippen molar-refractivity contribution in [3.8, 4) is 0 Å². The molecule has 1 rings (SSSR count). The van der Waals surface area contributed by atoms with Crippen LogP contribution in [0.15, 0.2) is 23.1 Å². The largest absolute Gasteiger partial charge is 0.394 e. The highest BCUT2D eigenvalue weighted by atomic mass is 32.2. The lowest BCUT2D eigenvalue weighted by Crippen LogP contribution is -2.40. The zero-order valence-electron chi connectivity index (χ0n) is 12.9. The standard InChI is InChI=1S/C14H22N2O5S/c1-10-4-5-11(8-13(10)22(3,19)20)15-14(18)16-12(9-17)6-7-21-2/h4-5,8,12,17H,6-7,9H2,1-3H3,(H2,15,16,18). The summed E-state index contributed by atoms with van der Waals surface area (Å²) < 4.78 is 28.2. The van der Waals surface area contributed by atoms with Gasteiger partial charge in [0.1, 0.15) is 0 Å². The summed E-state index contributed by atoms with van der Waals surface area (Å²) in [5.74, 6) is 0. The van der Waals surface area contributed by atoms with E-state index in [9.17, 15) is 18.3 Å². The number of anilines is 1. The molecule has 2 amide bonds. The van der Waals surface area contributed by atoms with Crippen molar-refractivity contribution in [3.63, 3.8) is 0 Å². The first-order valence-electron chi connectivity index (χ1n) is 6.76. The van der Waals surface area contributed by atoms with Crippen LogP contribution in [0.3, 0.4) is 0 Å². The van der Waals surface area contributed by atoms with Gasteiger partial charge in [0, 0.05) is 25.7 Å². The van der Waals surface area contributed by atoms with Gasteiger partial charge in [-0.25, -0.2) is 13.2 Å². The molecule has 3 N–H and O–H groups in total. The number of urea groups is 1. The van der Waals surface area contributed by atoms with E-state index in [1.165, 1.54) is 13.2 Å². The third-order valence-electron chi connectivity index (χ3n) is 3.07. The SMILES string of the molecule is COCCC(CO)NC(=O)Nc1ccc(C)c(S(C)(=O)=O)c1. The van der Waals surface area contributed by atoms with Crippen LogP contribution in [0.4, 0.5) is 10.5 Å². The minimum atomic E-state index is -3.36. The fourth-order valence-corrected chi connectivity index (χ4v) is 2.89. The number of aryl methyl sites for hydroxylation is 1. The molecule has 22 heavy (non-hydrogen) atoms. The highest BCUT2D eigenvalue weighted by Crippen LogP contribution is 2.20. The Kier molecular flexibility index (Phi) is 6.79. The zero-order chi connectivity index (χ0) is 16.8. The van der Waals surface area contributed by atoms with Gasteiger partial charge in [-0.3, -0.25) is 0 Å². The summed E-state index contributed by atoms with van der Waals surface area (Å²) in [5.41, 5.74) is 0.980. The lowest BCUT2D eigenvalue weighted by atomic mass is 10.2. The van der Waals surface area contributed by atoms with Crippen LogP contribution < -0.4 is 10.6 Å². The highest BCUT2D eigenvalue weighted by Gasteiger charge is 2.14. The van der Waals surface area contributed by atoms with E-state index in [2.05, 4.69) is 10.6 Å². The number of sulfone groups is 1. The van der Waals surface area contributed by atoms with Crippen LogP contribution in [-0.2, 0) is 14.6 Å². The Morgan fingerprint density at radius 2 is 2.09 bits per heavy atom. The fourth-order valence-electron chi connectivity index (χ4n) is 1.90. The lowest BCUT2D eigenvalue weighted by molar-refractivity contribution is 0.161. The number of rotatable bonds is 7. The maximum atomic E-state index is 11.9. The number of hydrogen-bond donors (Lipinski definition) is 3. The first kappa shape index (κ1) is 18.4. The maximum absolute atomic E-state index is 11.9. The number of carbonyl (C=O) groups is 1. The maximum Gasteiger partial charge on any atom is 0.319 e. The van der Waals surface area contributed by atoms with E-state index in [-0.39, 0.29) is 11.5 Å². The van der Waals surface area contributed by atoms with Gasteiger partial charge in [0.25, 0.3) is 0 Å². The average molecular weight is 330 g/mol. The minimum Gasteiger partial charge on any atom is -0.394 e. The van der Waals surface area contributed by atoms with E-state index >= 15 is 0 Å². The predicted molar refractivity (Wildman–Crippen MR) is 83.8 cm³/mol. The second-order valence-corrected chi connectivity index (χ2v) is 7.00. The molecule has 0 saturated carbocycles. The number of methoxy groups -OCH3 is 1. The van der Waals surface area contributed by atoms with Crippen LogP contribution in [0.2, 0.25) is 0 Å². The van der Waals surface area contributed by atoms with Crippen LogP contribution in [0.5, 0.6) is 0 Å². The van der Waals surface area contributed by atoms with Crippen molar-refractivity contribution in [1.29, 1.82) is 0 Å². The van der Waals surface area contributed by atoms with E-state index in [0.717, 1.165) is 6.26 Å². The number of carbonyl (C=O) groups excluding carboxylic acids is 1. The van der Waals surface area contributed by atoms with Gasteiger partial charge in [-0.2, -0.15) is 0 Å². The molecule has 124 valence electrons. The summed E-state index contributed by atoms with van der Waals surface area (Å²) in [7, 11) is -1.82. The van der Waals surface area contributed by atoms with Crippen LogP contribution in [0, 0.1) is 6.92 Å². The zero-order valence-corrected chi connectivity index (χ0v) is 13.7. The van der Waals surface area contributed by atoms with Crippen LogP contribution in [0.1, 0.15) is 12.0 Å². The molecule has 0 aromatic heterocycles. The number of benzene rings is 1. The molecule has 0 saturated heterocycles. The van der Waals surface area contributed by atoms with E-state index in [0.29, 0.717) is 24.3 Å². The summed E-state index contributed by atoms with van der Waals surface area (Å²) in [6.07, 6.45) is 1.59. The van der Waals surface area contributed by atoms with Gasteiger partial charge >= 0.3 is 6.03 Å². The average Bonchev–Trinajstić information content (AvgIpc) is 2.44. The highest BCUT2D eigenvalue weighted by molar-refractivity contribution is 7.90. The second kappa shape index (κ2) is 8.11. The molecule has 7 nitrogen and oxygen atoms in total. The quantitative estimate of drug-likeness (QED) is 0.689. The molecule has 1 atom stereocenters. The van der Waals surface area contributed by atoms with Crippen LogP contribution in [-0.4, -0.2) is 52.2 Å². The number of aliphatic hydroxyl groups excluding tert-OH is 1. The Bertz CT molecular complexity index is 616. The van der Waals surface area contributed by atoms with Crippen molar-refractivity contribution in [2.45, 2.75) is 24.3 Å². The molecule has 8 heteroatoms. The van der Waals surface area contributed by atoms with E-state index in [1.807, 2.05) is 0 Å². The van der Waals surface area contributed by atoms with E-state index in [1.54, 1.807) is 19.1 Å². The van der Waals surface area contributed by atoms with Gasteiger partial charge in [0.15, 0.2) is 9.84 Å². The summed E-state index contributed by atoms with van der Waals surface area (Å²) in [6, 6.07) is 3.71. The molecule has 0 fully saturated rings. The van der Waals surface area contributed by atoms with Gasteiger partial charge in [-0.1, -0.05) is 6.07 Å². The number of nitrogens with one attached hydrogen (secondary N) is 2. The molecule has 0 aliphatic carbocycles. The summed E-state index contributed by atoms with van der Waals surface area (Å²) in [5, 5.41) is 14.3. The van der Waals surface area contributed by atoms with Crippen molar-refractivity contribution in [1.82, 2.24) is 5.32 Å². The molecule has 1 aromatic carbocycles. The smallest absolute Gasteiger partial charge is 0.319 e. The van der Waals surface area contributed by atoms with Crippen molar-refractivity contribution in [3.05, 3.63) is 23.8 Å². The third-order valence-corrected chi connectivity index (χ3v) is 4.31. The summed E-state index contributed by atoms with van der Waals surface area (Å²) >= 11 is 0. The van der Waals surface area contributed by atoms with Gasteiger partial charge in [-0.15, -0.1) is 0 Å². The molecular formula is C14H22N2O5S. The minimum absolute atomic E-state index is 0.170. The molecule has 0 bridgehead atoms. The Morgan fingerprint density at radius 1 is 1.41 bits per heavy atom. The summed E-state index contributed by atoms with van der Waals surface area (Å²) in [4.78, 5) is 12.0. The number of aliphatic hydroxyl groups is 1. The van der Waals surface area contributed by atoms with Gasteiger partial charge < -0.3 is 20.5 Å². The Labute approximate surface area is 130 Å². The first-order valence-corrected chi connectivity index (χ1v) is 8.65. The predicted octanol–water partition coefficient (Wildman–Crippen LogP) is 0.917. The van der Waals surface area contributed by atoms with Crippen molar-refractivity contribution in [2.75, 3.05) is 31.9 Å². The molecule has 0 heterocycles. The Hall–Kier alpha value is -1.64. The van der Waals surface area contributed by atoms with Gasteiger partial charge in [-0.05, 0) is 31.0 Å². The molecule has 0 spiro atoms. The van der Waals surface area contributed by atoms with E-state index < -0.39 is 21.9 Å². The lowest BCUT2D eigenvalue weighted by Gasteiger charge is -2.16. The van der Waals surface area contributed by atoms with Crippen LogP contribution >= 0.6 is 0 Å². The molecular weight excluding hydrogens is 308 g/mol. The second-order valence-electron chi connectivity index (χ2n) is 5.01. The van der Waals surface area contributed by atoms with Crippen molar-refractivity contribution < 1.29 is 23.1 Å². The Balaban J connectivity index is 2.76. The summed E-state index contributed by atoms with van der Waals surface area (Å²) in [6.45, 7) is 1.89. The van der Waals surface area contributed by atoms with Gasteiger partial charge in [0.2, 0.25) is 0 Å². The van der Waals surface area contributed by atoms with Crippen molar-refractivity contribution >= 4 is 21.6 Å². The van der Waals surface area contributed by atoms with Crippen molar-refractivity contribution in [2.24, 2.45) is 0 Å². The molecule has 0 aliphatic heterocycles. The molecule has 0 radical (unpaired) electrons. The van der Waals surface area contributed by atoms with Gasteiger partial charge in [0.05, 0.1) is 17.5 Å². The monoisotopic (exact) mass is 330 g/mol. The third kappa shape index (κ3) is 5.63. The van der Waals surface area contributed by atoms with Crippen LogP contribution in [0.25, 0.3) is 0 Å².